The molecule has 0 unspecified atom stereocenters. The van der Waals surface area contributed by atoms with Gasteiger partial charge in [-0.05, 0) is 30.3 Å². The quantitative estimate of drug-likeness (QED) is 0.428. The van der Waals surface area contributed by atoms with Crippen LogP contribution >= 0.6 is 27.5 Å². The lowest BCUT2D eigenvalue weighted by molar-refractivity contribution is 0.0979. The molecule has 0 saturated heterocycles. The Morgan fingerprint density at radius 3 is 2.11 bits per heavy atom. The van der Waals surface area contributed by atoms with Crippen LogP contribution in [0, 0.1) is 0 Å². The number of carbonyl (C=O) groups is 3. The Balaban J connectivity index is 1.85. The summed E-state index contributed by atoms with van der Waals surface area (Å²) in [7, 11) is 0. The van der Waals surface area contributed by atoms with Crippen molar-refractivity contribution in [3.8, 4) is 0 Å². The minimum Gasteiger partial charge on any atom is -0.397 e. The molecule has 0 radical (unpaired) electrons. The highest BCUT2D eigenvalue weighted by Gasteiger charge is 2.34. The molecule has 1 aliphatic carbocycles. The molecule has 0 atom stereocenters. The second-order valence-electron chi connectivity index (χ2n) is 6.23. The Kier molecular flexibility index (Phi) is 4.53. The Morgan fingerprint density at radius 1 is 0.929 bits per heavy atom. The third kappa shape index (κ3) is 2.91. The smallest absolute Gasteiger partial charge is 0.255 e. The average molecular weight is 456 g/mol. The molecule has 7 heteroatoms. The van der Waals surface area contributed by atoms with Gasteiger partial charge in [-0.15, -0.1) is 0 Å². The summed E-state index contributed by atoms with van der Waals surface area (Å²) in [5.41, 5.74) is 7.17. The number of nitrogens with two attached hydrogens (primary N) is 1. The summed E-state index contributed by atoms with van der Waals surface area (Å²) >= 11 is 9.51. The van der Waals surface area contributed by atoms with Crippen LogP contribution in [0.1, 0.15) is 42.2 Å². The van der Waals surface area contributed by atoms with Crippen molar-refractivity contribution in [3.63, 3.8) is 0 Å². The molecule has 0 saturated carbocycles. The van der Waals surface area contributed by atoms with E-state index < -0.39 is 11.7 Å². The highest BCUT2D eigenvalue weighted by Crippen LogP contribution is 2.39. The van der Waals surface area contributed by atoms with Gasteiger partial charge in [0.1, 0.15) is 0 Å². The van der Waals surface area contributed by atoms with E-state index in [4.69, 9.17) is 17.3 Å². The van der Waals surface area contributed by atoms with Crippen LogP contribution in [0.15, 0.2) is 59.1 Å². The van der Waals surface area contributed by atoms with Crippen LogP contribution in [0.25, 0.3) is 0 Å². The van der Waals surface area contributed by atoms with Crippen molar-refractivity contribution < 1.29 is 14.4 Å². The summed E-state index contributed by atoms with van der Waals surface area (Å²) in [6.07, 6.45) is 0. The van der Waals surface area contributed by atoms with E-state index in [9.17, 15) is 14.4 Å². The zero-order valence-electron chi connectivity index (χ0n) is 14.3. The first-order chi connectivity index (χ1) is 13.4. The van der Waals surface area contributed by atoms with Gasteiger partial charge in [0.2, 0.25) is 0 Å². The summed E-state index contributed by atoms with van der Waals surface area (Å²) < 4.78 is 0.828. The van der Waals surface area contributed by atoms with E-state index in [1.165, 1.54) is 6.07 Å². The SMILES string of the molecule is Nc1c(Cl)cc(NC(=O)c2ccc(Br)cc2)c2c1C(=O)c1ccccc1C2=O. The molecule has 1 amide bonds. The van der Waals surface area contributed by atoms with Gasteiger partial charge >= 0.3 is 0 Å². The van der Waals surface area contributed by atoms with Gasteiger partial charge in [-0.3, -0.25) is 14.4 Å². The Bertz CT molecular complexity index is 1170. The van der Waals surface area contributed by atoms with E-state index in [-0.39, 0.29) is 44.4 Å². The zero-order chi connectivity index (χ0) is 20.0. The third-order valence-electron chi connectivity index (χ3n) is 4.54. The van der Waals surface area contributed by atoms with Gasteiger partial charge < -0.3 is 11.1 Å². The van der Waals surface area contributed by atoms with E-state index >= 15 is 0 Å². The number of carbonyl (C=O) groups excluding carboxylic acids is 3. The van der Waals surface area contributed by atoms with Crippen LogP contribution in [-0.4, -0.2) is 17.5 Å². The molecule has 0 spiro atoms. The molecule has 0 bridgehead atoms. The largest absolute Gasteiger partial charge is 0.397 e. The van der Waals surface area contributed by atoms with Crippen molar-refractivity contribution in [2.75, 3.05) is 11.1 Å². The van der Waals surface area contributed by atoms with Gasteiger partial charge in [-0.25, -0.2) is 0 Å². The first kappa shape index (κ1) is 18.4. The minimum absolute atomic E-state index is 0.0160. The minimum atomic E-state index is -0.436. The van der Waals surface area contributed by atoms with Crippen molar-refractivity contribution in [2.45, 2.75) is 0 Å². The number of nitrogen functional groups attached to an aromatic ring is 1. The van der Waals surface area contributed by atoms with Gasteiger partial charge in [0, 0.05) is 21.2 Å². The normalized spacial score (nSPS) is 12.4. The number of fused-ring (bicyclic) bond motifs is 2. The molecule has 28 heavy (non-hydrogen) atoms. The Labute approximate surface area is 173 Å². The average Bonchev–Trinajstić information content (AvgIpc) is 2.69. The maximum absolute atomic E-state index is 13.1. The fourth-order valence-corrected chi connectivity index (χ4v) is 3.65. The van der Waals surface area contributed by atoms with Gasteiger partial charge in [0.05, 0.1) is 27.5 Å². The number of anilines is 2. The van der Waals surface area contributed by atoms with E-state index in [2.05, 4.69) is 21.2 Å². The molecule has 1 aliphatic rings. The molecular weight excluding hydrogens is 444 g/mol. The fourth-order valence-electron chi connectivity index (χ4n) is 3.18. The number of hydrogen-bond acceptors (Lipinski definition) is 4. The van der Waals surface area contributed by atoms with Gasteiger partial charge in [0.15, 0.2) is 11.6 Å². The summed E-state index contributed by atoms with van der Waals surface area (Å²) in [5, 5.41) is 2.78. The second kappa shape index (κ2) is 6.89. The predicted molar refractivity (Wildman–Crippen MR) is 111 cm³/mol. The highest BCUT2D eigenvalue weighted by molar-refractivity contribution is 9.10. The lowest BCUT2D eigenvalue weighted by Gasteiger charge is -2.22. The molecule has 0 heterocycles. The topological polar surface area (TPSA) is 89.3 Å². The number of ketones is 2. The van der Waals surface area contributed by atoms with Crippen LogP contribution in [0.4, 0.5) is 11.4 Å². The molecule has 3 aromatic carbocycles. The molecule has 3 aromatic rings. The third-order valence-corrected chi connectivity index (χ3v) is 5.38. The Morgan fingerprint density at radius 2 is 1.50 bits per heavy atom. The monoisotopic (exact) mass is 454 g/mol. The molecule has 0 fully saturated rings. The van der Waals surface area contributed by atoms with Crippen LogP contribution in [-0.2, 0) is 0 Å². The van der Waals surface area contributed by atoms with Crippen molar-refractivity contribution in [1.82, 2.24) is 0 Å². The van der Waals surface area contributed by atoms with Gasteiger partial charge in [0.25, 0.3) is 5.91 Å². The highest BCUT2D eigenvalue weighted by atomic mass is 79.9. The number of rotatable bonds is 2. The molecule has 138 valence electrons. The predicted octanol–water partition coefficient (Wildman–Crippen LogP) is 4.71. The number of benzene rings is 3. The van der Waals surface area contributed by atoms with Crippen molar-refractivity contribution in [1.29, 1.82) is 0 Å². The number of amides is 1. The van der Waals surface area contributed by atoms with E-state index in [1.807, 2.05) is 0 Å². The number of halogens is 2. The van der Waals surface area contributed by atoms with E-state index in [0.29, 0.717) is 5.56 Å². The van der Waals surface area contributed by atoms with Gasteiger partial charge in [-0.2, -0.15) is 0 Å². The van der Waals surface area contributed by atoms with Crippen LogP contribution in [0.2, 0.25) is 5.02 Å². The molecular formula is C21H12BrClN2O3. The van der Waals surface area contributed by atoms with Crippen molar-refractivity contribution in [3.05, 3.63) is 91.9 Å². The molecule has 0 aromatic heterocycles. The molecule has 3 N–H and O–H groups in total. The van der Waals surface area contributed by atoms with Crippen molar-refractivity contribution in [2.24, 2.45) is 0 Å². The van der Waals surface area contributed by atoms with Crippen molar-refractivity contribution >= 4 is 56.4 Å². The molecule has 4 rings (SSSR count). The second-order valence-corrected chi connectivity index (χ2v) is 7.56. The van der Waals surface area contributed by atoms with Gasteiger partial charge in [-0.1, -0.05) is 51.8 Å². The standard InChI is InChI=1S/C21H12BrClN2O3/c22-11-7-5-10(6-8-11)21(28)25-15-9-14(23)18(24)17-16(15)19(26)12-3-1-2-4-13(12)20(17)27/h1-9H,24H2,(H,25,28). The number of hydrogen-bond donors (Lipinski definition) is 2. The Hall–Kier alpha value is -2.96. The molecule has 5 nitrogen and oxygen atoms in total. The van der Waals surface area contributed by atoms with Crippen LogP contribution < -0.4 is 11.1 Å². The zero-order valence-corrected chi connectivity index (χ0v) is 16.6. The van der Waals surface area contributed by atoms with Crippen LogP contribution in [0.3, 0.4) is 0 Å². The number of nitrogens with one attached hydrogen (secondary N) is 1. The molecule has 0 aliphatic heterocycles. The first-order valence-corrected chi connectivity index (χ1v) is 9.43. The lowest BCUT2D eigenvalue weighted by Crippen LogP contribution is -2.25. The summed E-state index contributed by atoms with van der Waals surface area (Å²) in [6.45, 7) is 0. The summed E-state index contributed by atoms with van der Waals surface area (Å²) in [5.74, 6) is -1.22. The fraction of sp³-hybridized carbons (Fsp3) is 0. The summed E-state index contributed by atoms with van der Waals surface area (Å²) in [6, 6.07) is 14.6. The maximum Gasteiger partial charge on any atom is 0.255 e. The van der Waals surface area contributed by atoms with Crippen LogP contribution in [0.5, 0.6) is 0 Å². The van der Waals surface area contributed by atoms with E-state index in [0.717, 1.165) is 4.47 Å². The maximum atomic E-state index is 13.1. The van der Waals surface area contributed by atoms with E-state index in [1.54, 1.807) is 48.5 Å². The summed E-state index contributed by atoms with van der Waals surface area (Å²) in [4.78, 5) is 38.7. The lowest BCUT2D eigenvalue weighted by atomic mass is 9.82. The first-order valence-electron chi connectivity index (χ1n) is 8.26.